The molecule has 0 aliphatic carbocycles. The van der Waals surface area contributed by atoms with Gasteiger partial charge in [-0.05, 0) is 47.2 Å². The van der Waals surface area contributed by atoms with Crippen LogP contribution in [0.1, 0.15) is 42.3 Å². The molecule has 0 aliphatic rings. The molecule has 0 radical (unpaired) electrons. The Morgan fingerprint density at radius 3 is 2.38 bits per heavy atom. The normalized spacial score (nSPS) is 11.3. The van der Waals surface area contributed by atoms with Gasteiger partial charge < -0.3 is 5.32 Å². The van der Waals surface area contributed by atoms with Crippen molar-refractivity contribution < 1.29 is 4.79 Å². The van der Waals surface area contributed by atoms with Crippen LogP contribution in [0.4, 0.5) is 0 Å². The minimum atomic E-state index is -0.0408. The van der Waals surface area contributed by atoms with E-state index in [0.29, 0.717) is 12.1 Å². The van der Waals surface area contributed by atoms with Gasteiger partial charge in [0.1, 0.15) is 0 Å². The fraction of sp³-hybridized carbons (Fsp3) is 0.273. The lowest BCUT2D eigenvalue weighted by Crippen LogP contribution is -2.25. The van der Waals surface area contributed by atoms with Crippen LogP contribution in [0.3, 0.4) is 0 Å². The highest BCUT2D eigenvalue weighted by Crippen LogP contribution is 2.22. The number of para-hydroxylation sites is 1. The first-order chi connectivity index (χ1) is 12.4. The second-order valence-corrected chi connectivity index (χ2v) is 7.46. The van der Waals surface area contributed by atoms with Gasteiger partial charge in [0.2, 0.25) is 0 Å². The van der Waals surface area contributed by atoms with Gasteiger partial charge >= 0.3 is 0 Å². The van der Waals surface area contributed by atoms with Crippen LogP contribution in [0.5, 0.6) is 0 Å². The van der Waals surface area contributed by atoms with Gasteiger partial charge in [0.25, 0.3) is 5.91 Å². The fourth-order valence-corrected chi connectivity index (χ4v) is 2.76. The number of carbonyl (C=O) groups is 1. The van der Waals surface area contributed by atoms with E-state index in [1.54, 1.807) is 0 Å². The largest absolute Gasteiger partial charge is 0.352 e. The lowest BCUT2D eigenvalue weighted by Gasteiger charge is -2.19. The standard InChI is InChI=1S/C22H25N3O/c1-22(2,3)19-11-9-18(10-12-19)21(26)23-14-13-17-15-24-25(16-17)20-7-5-4-6-8-20/h4-12,15-16H,13-14H2,1-3H3,(H,23,26). The molecule has 4 nitrogen and oxygen atoms in total. The van der Waals surface area contributed by atoms with Crippen molar-refractivity contribution in [1.29, 1.82) is 0 Å². The molecular formula is C22H25N3O. The van der Waals surface area contributed by atoms with E-state index in [1.807, 2.05) is 71.7 Å². The molecule has 1 N–H and O–H groups in total. The summed E-state index contributed by atoms with van der Waals surface area (Å²) in [7, 11) is 0. The summed E-state index contributed by atoms with van der Waals surface area (Å²) in [5, 5.41) is 7.36. The number of hydrogen-bond donors (Lipinski definition) is 1. The van der Waals surface area contributed by atoms with Gasteiger partial charge in [-0.25, -0.2) is 4.68 Å². The predicted octanol–water partition coefficient (Wildman–Crippen LogP) is 4.14. The van der Waals surface area contributed by atoms with E-state index in [0.717, 1.165) is 17.7 Å². The zero-order valence-corrected chi connectivity index (χ0v) is 15.6. The number of nitrogens with zero attached hydrogens (tertiary/aromatic N) is 2. The van der Waals surface area contributed by atoms with E-state index < -0.39 is 0 Å². The van der Waals surface area contributed by atoms with E-state index in [2.05, 4.69) is 31.2 Å². The molecule has 0 saturated heterocycles. The molecule has 1 aromatic heterocycles. The highest BCUT2D eigenvalue weighted by molar-refractivity contribution is 5.94. The third-order valence-corrected chi connectivity index (χ3v) is 4.37. The van der Waals surface area contributed by atoms with Crippen LogP contribution in [0, 0.1) is 0 Å². The Morgan fingerprint density at radius 2 is 1.73 bits per heavy atom. The average molecular weight is 347 g/mol. The SMILES string of the molecule is CC(C)(C)c1ccc(C(=O)NCCc2cnn(-c3ccccc3)c2)cc1. The molecule has 26 heavy (non-hydrogen) atoms. The van der Waals surface area contributed by atoms with Crippen LogP contribution in [0.25, 0.3) is 5.69 Å². The Bertz CT molecular complexity index is 858. The first-order valence-corrected chi connectivity index (χ1v) is 8.91. The summed E-state index contributed by atoms with van der Waals surface area (Å²) in [6.07, 6.45) is 4.59. The van der Waals surface area contributed by atoms with Crippen molar-refractivity contribution >= 4 is 5.91 Å². The number of amides is 1. The van der Waals surface area contributed by atoms with Gasteiger partial charge in [0, 0.05) is 18.3 Å². The Balaban J connectivity index is 1.53. The van der Waals surface area contributed by atoms with E-state index >= 15 is 0 Å². The second-order valence-electron chi connectivity index (χ2n) is 7.46. The summed E-state index contributed by atoms with van der Waals surface area (Å²) in [5.74, 6) is -0.0408. The van der Waals surface area contributed by atoms with Crippen molar-refractivity contribution in [2.75, 3.05) is 6.54 Å². The molecule has 0 saturated carbocycles. The molecule has 2 aromatic carbocycles. The summed E-state index contributed by atoms with van der Waals surface area (Å²) in [5.41, 5.74) is 4.13. The summed E-state index contributed by atoms with van der Waals surface area (Å²) in [6, 6.07) is 17.8. The monoisotopic (exact) mass is 347 g/mol. The molecule has 0 atom stereocenters. The van der Waals surface area contributed by atoms with Crippen molar-refractivity contribution in [2.45, 2.75) is 32.6 Å². The van der Waals surface area contributed by atoms with Crippen molar-refractivity contribution in [3.63, 3.8) is 0 Å². The second kappa shape index (κ2) is 7.56. The Labute approximate surface area is 154 Å². The summed E-state index contributed by atoms with van der Waals surface area (Å²) < 4.78 is 1.85. The smallest absolute Gasteiger partial charge is 0.251 e. The van der Waals surface area contributed by atoms with Gasteiger partial charge in [-0.2, -0.15) is 5.10 Å². The molecule has 0 fully saturated rings. The van der Waals surface area contributed by atoms with E-state index in [-0.39, 0.29) is 11.3 Å². The van der Waals surface area contributed by atoms with Crippen LogP contribution in [-0.2, 0) is 11.8 Å². The summed E-state index contributed by atoms with van der Waals surface area (Å²) >= 11 is 0. The van der Waals surface area contributed by atoms with Crippen molar-refractivity contribution in [2.24, 2.45) is 0 Å². The van der Waals surface area contributed by atoms with Crippen LogP contribution < -0.4 is 5.32 Å². The van der Waals surface area contributed by atoms with Crippen molar-refractivity contribution in [3.05, 3.63) is 83.7 Å². The third-order valence-electron chi connectivity index (χ3n) is 4.37. The number of carbonyl (C=O) groups excluding carboxylic acids is 1. The lowest BCUT2D eigenvalue weighted by molar-refractivity contribution is 0.0954. The predicted molar refractivity (Wildman–Crippen MR) is 105 cm³/mol. The number of aromatic nitrogens is 2. The summed E-state index contributed by atoms with van der Waals surface area (Å²) in [4.78, 5) is 12.3. The van der Waals surface area contributed by atoms with E-state index in [9.17, 15) is 4.79 Å². The maximum absolute atomic E-state index is 12.3. The topological polar surface area (TPSA) is 46.9 Å². The number of rotatable bonds is 5. The highest BCUT2D eigenvalue weighted by atomic mass is 16.1. The van der Waals surface area contributed by atoms with Crippen LogP contribution >= 0.6 is 0 Å². The third kappa shape index (κ3) is 4.39. The molecule has 3 rings (SSSR count). The highest BCUT2D eigenvalue weighted by Gasteiger charge is 2.14. The molecule has 0 unspecified atom stereocenters. The minimum Gasteiger partial charge on any atom is -0.352 e. The maximum Gasteiger partial charge on any atom is 0.251 e. The zero-order valence-electron chi connectivity index (χ0n) is 15.6. The quantitative estimate of drug-likeness (QED) is 0.754. The fourth-order valence-electron chi connectivity index (χ4n) is 2.76. The molecule has 3 aromatic rings. The summed E-state index contributed by atoms with van der Waals surface area (Å²) in [6.45, 7) is 7.08. The molecule has 1 heterocycles. The molecule has 0 bridgehead atoms. The van der Waals surface area contributed by atoms with Crippen molar-refractivity contribution in [3.8, 4) is 5.69 Å². The Morgan fingerprint density at radius 1 is 1.04 bits per heavy atom. The number of nitrogens with one attached hydrogen (secondary N) is 1. The van der Waals surface area contributed by atoms with E-state index in [4.69, 9.17) is 0 Å². The zero-order chi connectivity index (χ0) is 18.6. The molecular weight excluding hydrogens is 322 g/mol. The van der Waals surface area contributed by atoms with Gasteiger partial charge in [-0.15, -0.1) is 0 Å². The van der Waals surface area contributed by atoms with Gasteiger partial charge in [-0.1, -0.05) is 51.1 Å². The first-order valence-electron chi connectivity index (χ1n) is 8.91. The molecule has 0 aliphatic heterocycles. The first kappa shape index (κ1) is 17.9. The Kier molecular flexibility index (Phi) is 5.21. The lowest BCUT2D eigenvalue weighted by atomic mass is 9.87. The Hall–Kier alpha value is -2.88. The molecule has 134 valence electrons. The van der Waals surface area contributed by atoms with Crippen molar-refractivity contribution in [1.82, 2.24) is 15.1 Å². The molecule has 4 heteroatoms. The van der Waals surface area contributed by atoms with E-state index in [1.165, 1.54) is 5.56 Å². The average Bonchev–Trinajstić information content (AvgIpc) is 3.11. The minimum absolute atomic E-state index is 0.0408. The van der Waals surface area contributed by atoms with Gasteiger partial charge in [-0.3, -0.25) is 4.79 Å². The van der Waals surface area contributed by atoms with Crippen LogP contribution in [0.2, 0.25) is 0 Å². The van der Waals surface area contributed by atoms with Gasteiger partial charge in [0.05, 0.1) is 11.9 Å². The van der Waals surface area contributed by atoms with Crippen LogP contribution in [-0.4, -0.2) is 22.2 Å². The van der Waals surface area contributed by atoms with Gasteiger partial charge in [0.15, 0.2) is 0 Å². The molecule has 0 spiro atoms. The number of benzene rings is 2. The number of hydrogen-bond acceptors (Lipinski definition) is 2. The van der Waals surface area contributed by atoms with Crippen LogP contribution in [0.15, 0.2) is 67.0 Å². The maximum atomic E-state index is 12.3. The molecule has 1 amide bonds.